The number of halogens is 3. The fraction of sp³-hybridized carbons (Fsp3) is 0.545. The third kappa shape index (κ3) is 4.97. The molecule has 3 aromatic rings. The molecule has 0 radical (unpaired) electrons. The van der Waals surface area contributed by atoms with Crippen molar-refractivity contribution in [2.75, 3.05) is 18.0 Å². The van der Waals surface area contributed by atoms with E-state index in [4.69, 9.17) is 0 Å². The molecule has 0 aliphatic carbocycles. The van der Waals surface area contributed by atoms with Crippen LogP contribution >= 0.6 is 11.3 Å². The highest BCUT2D eigenvalue weighted by Crippen LogP contribution is 2.32. The van der Waals surface area contributed by atoms with Crippen molar-refractivity contribution in [3.05, 3.63) is 40.3 Å². The predicted octanol–water partition coefficient (Wildman–Crippen LogP) is 4.71. The van der Waals surface area contributed by atoms with E-state index in [0.29, 0.717) is 37.7 Å². The Morgan fingerprint density at radius 2 is 1.91 bits per heavy atom. The predicted molar refractivity (Wildman–Crippen MR) is 120 cm³/mol. The maximum absolute atomic E-state index is 13.2. The molecular formula is C22H27F3N6OS. The number of fused-ring (bicyclic) bond motifs is 1. The van der Waals surface area contributed by atoms with Crippen LogP contribution in [-0.4, -0.2) is 38.8 Å². The SMILES string of the molecule is CCC(CC)C(NC(=O)C1CCN(c2ccc3nnc(C(F)(F)F)n3n2)CC1)c1cccs1. The molecule has 0 spiro atoms. The number of nitrogens with zero attached hydrogens (tertiary/aromatic N) is 5. The summed E-state index contributed by atoms with van der Waals surface area (Å²) in [7, 11) is 0. The molecule has 178 valence electrons. The fourth-order valence-electron chi connectivity index (χ4n) is 4.42. The van der Waals surface area contributed by atoms with Crippen LogP contribution in [-0.2, 0) is 11.0 Å². The highest BCUT2D eigenvalue weighted by Gasteiger charge is 2.38. The summed E-state index contributed by atoms with van der Waals surface area (Å²) >= 11 is 1.66. The number of rotatable bonds is 7. The summed E-state index contributed by atoms with van der Waals surface area (Å²) in [6.07, 6.45) is -1.45. The van der Waals surface area contributed by atoms with Gasteiger partial charge < -0.3 is 10.2 Å². The van der Waals surface area contributed by atoms with Gasteiger partial charge in [0.2, 0.25) is 5.91 Å². The first-order chi connectivity index (χ1) is 15.8. The smallest absolute Gasteiger partial charge is 0.355 e. The number of alkyl halides is 3. The van der Waals surface area contributed by atoms with E-state index in [9.17, 15) is 18.0 Å². The standard InChI is InChI=1S/C22H27F3N6OS/c1-3-14(4-2)19(16-6-5-13-33-16)26-20(32)15-9-11-30(12-10-15)18-8-7-17-27-28-21(22(23,24)25)31(17)29-18/h5-8,13-15,19H,3-4,9-12H2,1-2H3,(H,26,32). The molecule has 0 bridgehead atoms. The number of carbonyl (C=O) groups excluding carboxylic acids is 1. The van der Waals surface area contributed by atoms with Gasteiger partial charge in [-0.3, -0.25) is 4.79 Å². The minimum atomic E-state index is -4.63. The Balaban J connectivity index is 1.42. The minimum Gasteiger partial charge on any atom is -0.355 e. The largest absolute Gasteiger partial charge is 0.453 e. The molecule has 11 heteroatoms. The van der Waals surface area contributed by atoms with Crippen molar-refractivity contribution in [2.24, 2.45) is 11.8 Å². The lowest BCUT2D eigenvalue weighted by atomic mass is 9.90. The molecular weight excluding hydrogens is 453 g/mol. The average molecular weight is 481 g/mol. The molecule has 33 heavy (non-hydrogen) atoms. The summed E-state index contributed by atoms with van der Waals surface area (Å²) in [6, 6.07) is 7.20. The Morgan fingerprint density at radius 1 is 1.18 bits per heavy atom. The van der Waals surface area contributed by atoms with Crippen LogP contribution in [0.25, 0.3) is 5.65 Å². The van der Waals surface area contributed by atoms with Gasteiger partial charge in [0.1, 0.15) is 5.82 Å². The molecule has 7 nitrogen and oxygen atoms in total. The molecule has 0 saturated carbocycles. The van der Waals surface area contributed by atoms with Gasteiger partial charge in [0.25, 0.3) is 5.82 Å². The number of aromatic nitrogens is 4. The average Bonchev–Trinajstić information content (AvgIpc) is 3.48. The van der Waals surface area contributed by atoms with Gasteiger partial charge in [-0.15, -0.1) is 26.6 Å². The molecule has 4 rings (SSSR count). The van der Waals surface area contributed by atoms with Gasteiger partial charge in [-0.25, -0.2) is 0 Å². The maximum atomic E-state index is 13.2. The first-order valence-electron chi connectivity index (χ1n) is 11.2. The van der Waals surface area contributed by atoms with Crippen molar-refractivity contribution in [1.29, 1.82) is 0 Å². The van der Waals surface area contributed by atoms with E-state index < -0.39 is 12.0 Å². The van der Waals surface area contributed by atoms with Crippen LogP contribution < -0.4 is 10.2 Å². The molecule has 1 aliphatic rings. The zero-order valence-corrected chi connectivity index (χ0v) is 19.4. The summed E-state index contributed by atoms with van der Waals surface area (Å²) in [5.41, 5.74) is 0.0429. The van der Waals surface area contributed by atoms with Crippen molar-refractivity contribution in [1.82, 2.24) is 25.1 Å². The lowest BCUT2D eigenvalue weighted by molar-refractivity contribution is -0.146. The molecule has 1 fully saturated rings. The molecule has 4 heterocycles. The summed E-state index contributed by atoms with van der Waals surface area (Å²) < 4.78 is 40.2. The molecule has 0 aromatic carbocycles. The fourth-order valence-corrected chi connectivity index (χ4v) is 5.29. The van der Waals surface area contributed by atoms with Crippen LogP contribution in [0.3, 0.4) is 0 Å². The highest BCUT2D eigenvalue weighted by atomic mass is 32.1. The van der Waals surface area contributed by atoms with Gasteiger partial charge in [-0.1, -0.05) is 32.8 Å². The van der Waals surface area contributed by atoms with E-state index in [1.807, 2.05) is 16.3 Å². The van der Waals surface area contributed by atoms with Crippen molar-refractivity contribution in [2.45, 2.75) is 51.7 Å². The van der Waals surface area contributed by atoms with Crippen molar-refractivity contribution < 1.29 is 18.0 Å². The number of piperidine rings is 1. The van der Waals surface area contributed by atoms with Crippen molar-refractivity contribution in [3.63, 3.8) is 0 Å². The van der Waals surface area contributed by atoms with Crippen LogP contribution in [0.4, 0.5) is 19.0 Å². The monoisotopic (exact) mass is 480 g/mol. The lowest BCUT2D eigenvalue weighted by Gasteiger charge is -2.33. The third-order valence-electron chi connectivity index (χ3n) is 6.36. The minimum absolute atomic E-state index is 0.00383. The number of hydrogen-bond donors (Lipinski definition) is 1. The van der Waals surface area contributed by atoms with E-state index in [1.54, 1.807) is 17.4 Å². The summed E-state index contributed by atoms with van der Waals surface area (Å²) in [4.78, 5) is 16.2. The summed E-state index contributed by atoms with van der Waals surface area (Å²) in [5, 5.41) is 16.2. The normalized spacial score (nSPS) is 16.5. The molecule has 1 N–H and O–H groups in total. The number of thiophene rings is 1. The molecule has 1 saturated heterocycles. The Kier molecular flexibility index (Phi) is 6.87. The lowest BCUT2D eigenvalue weighted by Crippen LogP contribution is -2.43. The van der Waals surface area contributed by atoms with Crippen molar-refractivity contribution >= 4 is 28.7 Å². The van der Waals surface area contributed by atoms with Crippen LogP contribution in [0.1, 0.15) is 56.3 Å². The van der Waals surface area contributed by atoms with Gasteiger partial charge in [0, 0.05) is 23.9 Å². The number of carbonyl (C=O) groups is 1. The van der Waals surface area contributed by atoms with Gasteiger partial charge in [0.05, 0.1) is 6.04 Å². The zero-order valence-electron chi connectivity index (χ0n) is 18.5. The third-order valence-corrected chi connectivity index (χ3v) is 7.32. The Morgan fingerprint density at radius 3 is 2.52 bits per heavy atom. The van der Waals surface area contributed by atoms with Crippen molar-refractivity contribution in [3.8, 4) is 0 Å². The van der Waals surface area contributed by atoms with E-state index in [0.717, 1.165) is 17.4 Å². The number of hydrogen-bond acceptors (Lipinski definition) is 6. The Hall–Kier alpha value is -2.69. The topological polar surface area (TPSA) is 75.4 Å². The van der Waals surface area contributed by atoms with E-state index in [-0.39, 0.29) is 23.5 Å². The molecule has 1 aliphatic heterocycles. The first kappa shape index (κ1) is 23.5. The maximum Gasteiger partial charge on any atom is 0.453 e. The van der Waals surface area contributed by atoms with Gasteiger partial charge in [0.15, 0.2) is 5.65 Å². The van der Waals surface area contributed by atoms with E-state index in [1.165, 1.54) is 10.9 Å². The number of anilines is 1. The van der Waals surface area contributed by atoms with E-state index in [2.05, 4.69) is 40.5 Å². The zero-order chi connectivity index (χ0) is 23.6. The summed E-state index contributed by atoms with van der Waals surface area (Å²) in [6.45, 7) is 5.36. The van der Waals surface area contributed by atoms with E-state index >= 15 is 0 Å². The molecule has 1 amide bonds. The number of nitrogens with one attached hydrogen (secondary N) is 1. The Labute approximate surface area is 194 Å². The van der Waals surface area contributed by atoms with Gasteiger partial charge >= 0.3 is 6.18 Å². The van der Waals surface area contributed by atoms with Crippen LogP contribution in [0.15, 0.2) is 29.6 Å². The summed E-state index contributed by atoms with van der Waals surface area (Å²) in [5.74, 6) is -0.450. The van der Waals surface area contributed by atoms with Gasteiger partial charge in [-0.2, -0.15) is 17.7 Å². The highest BCUT2D eigenvalue weighted by molar-refractivity contribution is 7.10. The second-order valence-electron chi connectivity index (χ2n) is 8.32. The second kappa shape index (κ2) is 9.66. The van der Waals surface area contributed by atoms with Gasteiger partial charge in [-0.05, 0) is 42.3 Å². The van der Waals surface area contributed by atoms with Crippen LogP contribution in [0, 0.1) is 11.8 Å². The second-order valence-corrected chi connectivity index (χ2v) is 9.30. The molecule has 3 aromatic heterocycles. The first-order valence-corrected chi connectivity index (χ1v) is 12.1. The molecule has 1 unspecified atom stereocenters. The van der Waals surface area contributed by atoms with Crippen LogP contribution in [0.5, 0.6) is 0 Å². The van der Waals surface area contributed by atoms with Crippen LogP contribution in [0.2, 0.25) is 0 Å². The number of amides is 1. The Bertz CT molecular complexity index is 1070. The molecule has 1 atom stereocenters. The quantitative estimate of drug-likeness (QED) is 0.530.